The molecule has 2 fully saturated rings. The molecule has 20 heavy (non-hydrogen) atoms. The smallest absolute Gasteiger partial charge is 0.185 e. The predicted octanol–water partition coefficient (Wildman–Crippen LogP) is 3.16. The van der Waals surface area contributed by atoms with Crippen molar-refractivity contribution in [3.8, 4) is 0 Å². The number of rotatable bonds is 2. The van der Waals surface area contributed by atoms with Gasteiger partial charge in [0.2, 0.25) is 0 Å². The first-order valence-electron chi connectivity index (χ1n) is 6.67. The largest absolute Gasteiger partial charge is 0.378 e. The minimum atomic E-state index is -0.294. The van der Waals surface area contributed by atoms with E-state index in [0.717, 1.165) is 6.42 Å². The van der Waals surface area contributed by atoms with Crippen molar-refractivity contribution >= 4 is 29.0 Å². The fourth-order valence-electron chi connectivity index (χ4n) is 2.90. The van der Waals surface area contributed by atoms with Gasteiger partial charge in [0.15, 0.2) is 5.78 Å². The van der Waals surface area contributed by atoms with E-state index in [9.17, 15) is 4.79 Å². The number of aromatic nitrogens is 1. The number of Topliss-reactive ketones (excluding diaryl/α,β-unsaturated/α-hetero) is 1. The summed E-state index contributed by atoms with van der Waals surface area (Å²) >= 11 is 11.9. The number of ketones is 1. The van der Waals surface area contributed by atoms with E-state index in [0.29, 0.717) is 48.4 Å². The van der Waals surface area contributed by atoms with Gasteiger partial charge in [-0.3, -0.25) is 4.79 Å². The Balaban J connectivity index is 1.79. The Morgan fingerprint density at radius 3 is 2.95 bits per heavy atom. The van der Waals surface area contributed by atoms with Crippen molar-refractivity contribution < 1.29 is 14.3 Å². The van der Waals surface area contributed by atoms with Crippen LogP contribution in [0.15, 0.2) is 12.3 Å². The van der Waals surface area contributed by atoms with Gasteiger partial charge in [0.05, 0.1) is 22.3 Å². The van der Waals surface area contributed by atoms with E-state index >= 15 is 0 Å². The molecule has 0 aromatic carbocycles. The summed E-state index contributed by atoms with van der Waals surface area (Å²) in [6.45, 7) is 1.84. The van der Waals surface area contributed by atoms with Gasteiger partial charge >= 0.3 is 0 Å². The Hall–Kier alpha value is -0.680. The molecule has 2 aliphatic rings. The lowest BCUT2D eigenvalue weighted by Gasteiger charge is -2.36. The van der Waals surface area contributed by atoms with Crippen molar-refractivity contribution in [1.82, 2.24) is 4.98 Å². The summed E-state index contributed by atoms with van der Waals surface area (Å²) in [5.74, 6) is -0.141. The number of hydrogen-bond donors (Lipinski definition) is 0. The first-order chi connectivity index (χ1) is 9.60. The van der Waals surface area contributed by atoms with E-state index in [-0.39, 0.29) is 17.3 Å². The minimum Gasteiger partial charge on any atom is -0.378 e. The number of halogens is 2. The fraction of sp³-hybridized carbons (Fsp3) is 0.571. The average molecular weight is 316 g/mol. The molecule has 0 saturated carbocycles. The second kappa shape index (κ2) is 5.60. The van der Waals surface area contributed by atoms with Crippen LogP contribution in [-0.2, 0) is 9.47 Å². The number of hydrogen-bond acceptors (Lipinski definition) is 4. The lowest BCUT2D eigenvalue weighted by Crippen LogP contribution is -2.42. The van der Waals surface area contributed by atoms with Gasteiger partial charge in [0, 0.05) is 31.7 Å². The molecule has 108 valence electrons. The Kier molecular flexibility index (Phi) is 4.00. The van der Waals surface area contributed by atoms with Crippen molar-refractivity contribution in [1.29, 1.82) is 0 Å². The zero-order valence-corrected chi connectivity index (χ0v) is 12.4. The van der Waals surface area contributed by atoms with Gasteiger partial charge in [-0.05, 0) is 18.9 Å². The summed E-state index contributed by atoms with van der Waals surface area (Å²) in [5.41, 5.74) is 0.00864. The monoisotopic (exact) mass is 315 g/mol. The van der Waals surface area contributed by atoms with Crippen molar-refractivity contribution in [3.63, 3.8) is 0 Å². The second-order valence-electron chi connectivity index (χ2n) is 5.37. The number of carbonyl (C=O) groups excluding carboxylic acids is 1. The number of carbonyl (C=O) groups is 1. The molecule has 2 saturated heterocycles. The van der Waals surface area contributed by atoms with Crippen molar-refractivity contribution in [2.24, 2.45) is 5.92 Å². The lowest BCUT2D eigenvalue weighted by atomic mass is 9.82. The van der Waals surface area contributed by atoms with Gasteiger partial charge in [0.1, 0.15) is 5.69 Å². The summed E-state index contributed by atoms with van der Waals surface area (Å²) in [5, 5.41) is 0.741. The van der Waals surface area contributed by atoms with Crippen LogP contribution in [0.1, 0.15) is 29.8 Å². The topological polar surface area (TPSA) is 48.4 Å². The Morgan fingerprint density at radius 1 is 1.40 bits per heavy atom. The molecular formula is C14H15Cl2NO3. The molecule has 6 heteroatoms. The number of pyridine rings is 1. The van der Waals surface area contributed by atoms with Crippen molar-refractivity contribution in [2.45, 2.75) is 24.9 Å². The normalized spacial score (nSPS) is 29.8. The summed E-state index contributed by atoms with van der Waals surface area (Å²) in [4.78, 5) is 16.7. The van der Waals surface area contributed by atoms with Crippen LogP contribution in [0.4, 0.5) is 0 Å². The SMILES string of the molecule is O=C(c1ncc(Cl)cc1Cl)C1CCOC2(CCOC2)C1. The molecule has 2 unspecified atom stereocenters. The molecule has 3 rings (SSSR count). The molecular weight excluding hydrogens is 301 g/mol. The summed E-state index contributed by atoms with van der Waals surface area (Å²) in [6.07, 6.45) is 3.67. The summed E-state index contributed by atoms with van der Waals surface area (Å²) in [6, 6.07) is 1.55. The zero-order valence-electron chi connectivity index (χ0n) is 10.9. The average Bonchev–Trinajstić information content (AvgIpc) is 2.86. The van der Waals surface area contributed by atoms with E-state index < -0.39 is 0 Å². The summed E-state index contributed by atoms with van der Waals surface area (Å²) < 4.78 is 11.3. The molecule has 0 aliphatic carbocycles. The highest BCUT2D eigenvalue weighted by atomic mass is 35.5. The van der Waals surface area contributed by atoms with E-state index in [2.05, 4.69) is 4.98 Å². The maximum atomic E-state index is 12.6. The molecule has 1 spiro atoms. The number of nitrogens with zero attached hydrogens (tertiary/aromatic N) is 1. The van der Waals surface area contributed by atoms with E-state index in [4.69, 9.17) is 32.7 Å². The van der Waals surface area contributed by atoms with Crippen LogP contribution in [-0.4, -0.2) is 36.2 Å². The third-order valence-corrected chi connectivity index (χ3v) is 4.47. The zero-order chi connectivity index (χ0) is 14.2. The standard InChI is InChI=1S/C14H15Cl2NO3/c15-10-5-11(16)12(17-7-10)13(18)9-1-3-20-14(6-9)2-4-19-8-14/h5,7,9H,1-4,6,8H2. The summed E-state index contributed by atoms with van der Waals surface area (Å²) in [7, 11) is 0. The first-order valence-corrected chi connectivity index (χ1v) is 7.42. The highest BCUT2D eigenvalue weighted by Gasteiger charge is 2.43. The van der Waals surface area contributed by atoms with Gasteiger partial charge in [-0.1, -0.05) is 23.2 Å². The Morgan fingerprint density at radius 2 is 2.25 bits per heavy atom. The van der Waals surface area contributed by atoms with Crippen LogP contribution in [0.25, 0.3) is 0 Å². The predicted molar refractivity (Wildman–Crippen MR) is 75.4 cm³/mol. The van der Waals surface area contributed by atoms with Gasteiger partial charge in [-0.2, -0.15) is 0 Å². The molecule has 3 heterocycles. The molecule has 0 N–H and O–H groups in total. The van der Waals surface area contributed by atoms with E-state index in [1.165, 1.54) is 6.20 Å². The molecule has 1 aromatic heterocycles. The van der Waals surface area contributed by atoms with Crippen LogP contribution in [0, 0.1) is 5.92 Å². The molecule has 0 bridgehead atoms. The third-order valence-electron chi connectivity index (χ3n) is 3.97. The van der Waals surface area contributed by atoms with Crippen LogP contribution < -0.4 is 0 Å². The second-order valence-corrected chi connectivity index (χ2v) is 6.22. The third kappa shape index (κ3) is 2.70. The maximum absolute atomic E-state index is 12.6. The van der Waals surface area contributed by atoms with Crippen LogP contribution in [0.3, 0.4) is 0 Å². The van der Waals surface area contributed by atoms with Gasteiger partial charge in [0.25, 0.3) is 0 Å². The van der Waals surface area contributed by atoms with Crippen LogP contribution in [0.2, 0.25) is 10.0 Å². The first kappa shape index (κ1) is 14.3. The molecule has 2 aliphatic heterocycles. The molecule has 0 radical (unpaired) electrons. The fourth-order valence-corrected chi connectivity index (χ4v) is 3.38. The quantitative estimate of drug-likeness (QED) is 0.787. The Bertz CT molecular complexity index is 529. The van der Waals surface area contributed by atoms with E-state index in [1.54, 1.807) is 6.07 Å². The maximum Gasteiger partial charge on any atom is 0.185 e. The van der Waals surface area contributed by atoms with Gasteiger partial charge in [-0.15, -0.1) is 0 Å². The highest BCUT2D eigenvalue weighted by molar-refractivity contribution is 6.36. The van der Waals surface area contributed by atoms with Crippen molar-refractivity contribution in [3.05, 3.63) is 28.0 Å². The number of ether oxygens (including phenoxy) is 2. The lowest BCUT2D eigenvalue weighted by molar-refractivity contribution is -0.0921. The minimum absolute atomic E-state index is 0.0266. The molecule has 2 atom stereocenters. The van der Waals surface area contributed by atoms with Crippen LogP contribution >= 0.6 is 23.2 Å². The molecule has 4 nitrogen and oxygen atoms in total. The molecule has 1 aromatic rings. The van der Waals surface area contributed by atoms with Crippen LogP contribution in [0.5, 0.6) is 0 Å². The molecule has 0 amide bonds. The van der Waals surface area contributed by atoms with Gasteiger partial charge < -0.3 is 9.47 Å². The van der Waals surface area contributed by atoms with Crippen molar-refractivity contribution in [2.75, 3.05) is 19.8 Å². The van der Waals surface area contributed by atoms with Gasteiger partial charge in [-0.25, -0.2) is 4.98 Å². The van der Waals surface area contributed by atoms with E-state index in [1.807, 2.05) is 0 Å². The highest BCUT2D eigenvalue weighted by Crippen LogP contribution is 2.37. The Labute approximate surface area is 127 Å².